The fraction of sp³-hybridized carbons (Fsp3) is 0.417. The average Bonchev–Trinajstić information content (AvgIpc) is 3.24. The fourth-order valence-electron chi connectivity index (χ4n) is 4.95. The van der Waals surface area contributed by atoms with Crippen LogP contribution in [0.25, 0.3) is 10.9 Å². The molecule has 27 heavy (non-hydrogen) atoms. The van der Waals surface area contributed by atoms with Crippen molar-refractivity contribution in [3.63, 3.8) is 0 Å². The first-order chi connectivity index (χ1) is 13.1. The van der Waals surface area contributed by atoms with E-state index in [1.54, 1.807) is 6.08 Å². The van der Waals surface area contributed by atoms with Crippen LogP contribution in [-0.2, 0) is 13.0 Å². The van der Waals surface area contributed by atoms with E-state index in [4.69, 9.17) is 0 Å². The number of allylic oxidation sites excluding steroid dienone is 3. The van der Waals surface area contributed by atoms with Crippen LogP contribution in [0.5, 0.6) is 0 Å². The molecular weight excluding hydrogens is 332 g/mol. The Hall–Kier alpha value is -2.10. The van der Waals surface area contributed by atoms with Gasteiger partial charge in [0.05, 0.1) is 12.6 Å². The highest BCUT2D eigenvalue weighted by atomic mass is 16.3. The van der Waals surface area contributed by atoms with Crippen LogP contribution in [-0.4, -0.2) is 33.8 Å². The number of aliphatic hydroxyl groups excluding tert-OH is 1. The molecule has 2 aromatic rings. The van der Waals surface area contributed by atoms with Crippen LogP contribution in [0, 0.1) is 6.92 Å². The van der Waals surface area contributed by atoms with E-state index < -0.39 is 6.10 Å². The average molecular weight is 363 g/mol. The number of aromatic nitrogens is 1. The number of hydrogen-bond donors (Lipinski definition) is 1. The third-order valence-electron chi connectivity index (χ3n) is 6.11. The van der Waals surface area contributed by atoms with Gasteiger partial charge in [-0.1, -0.05) is 42.5 Å². The molecule has 3 nitrogen and oxygen atoms in total. The summed E-state index contributed by atoms with van der Waals surface area (Å²) in [4.78, 5) is 2.65. The summed E-state index contributed by atoms with van der Waals surface area (Å²) in [6, 6.07) is 7.32. The molecule has 2 unspecified atom stereocenters. The highest BCUT2D eigenvalue weighted by Gasteiger charge is 2.35. The first-order valence-corrected chi connectivity index (χ1v) is 10.1. The van der Waals surface area contributed by atoms with Crippen molar-refractivity contribution in [2.75, 3.05) is 13.1 Å². The Bertz CT molecular complexity index is 918. The number of aliphatic hydroxyl groups is 1. The Labute approximate surface area is 162 Å². The summed E-state index contributed by atoms with van der Waals surface area (Å²) in [7, 11) is 0. The lowest BCUT2D eigenvalue weighted by Crippen LogP contribution is -2.32. The summed E-state index contributed by atoms with van der Waals surface area (Å²) in [5, 5.41) is 12.3. The highest BCUT2D eigenvalue weighted by Crippen LogP contribution is 2.43. The first-order valence-electron chi connectivity index (χ1n) is 10.1. The van der Waals surface area contributed by atoms with Gasteiger partial charge in [-0.25, -0.2) is 0 Å². The summed E-state index contributed by atoms with van der Waals surface area (Å²) < 4.78 is 2.38. The standard InChI is InChI=1S/C24H30N2O/c1-4-7-18(8-5-2)23(27)16-26-20-11-10-17(3)15-19(20)24-21-9-6-13-25(21)14-12-22(24)26/h4-5,7-8,10-11,15,21,23,27H,1,6,9,12-14,16H2,2-3H3/b8-5-,18-7+. The molecule has 3 heterocycles. The van der Waals surface area contributed by atoms with Crippen molar-refractivity contribution >= 4 is 10.9 Å². The maximum Gasteiger partial charge on any atom is 0.0968 e. The molecule has 3 heteroatoms. The lowest BCUT2D eigenvalue weighted by atomic mass is 9.95. The molecular formula is C24H30N2O. The number of nitrogens with zero attached hydrogens (tertiary/aromatic N) is 2. The normalized spacial score (nSPS) is 21.6. The Kier molecular flexibility index (Phi) is 5.07. The van der Waals surface area contributed by atoms with Gasteiger partial charge in [-0.2, -0.15) is 0 Å². The molecule has 2 aliphatic heterocycles. The molecule has 0 amide bonds. The van der Waals surface area contributed by atoms with Crippen molar-refractivity contribution < 1.29 is 5.11 Å². The Balaban J connectivity index is 1.82. The monoisotopic (exact) mass is 362 g/mol. The number of aryl methyl sites for hydroxylation is 1. The molecule has 2 aliphatic rings. The zero-order chi connectivity index (χ0) is 19.0. The van der Waals surface area contributed by atoms with Crippen molar-refractivity contribution in [3.8, 4) is 0 Å². The lowest BCUT2D eigenvalue weighted by molar-refractivity contribution is 0.190. The van der Waals surface area contributed by atoms with Gasteiger partial charge in [0, 0.05) is 35.6 Å². The summed E-state index contributed by atoms with van der Waals surface area (Å²) in [6.45, 7) is 10.9. The molecule has 142 valence electrons. The predicted molar refractivity (Wildman–Crippen MR) is 113 cm³/mol. The van der Waals surface area contributed by atoms with Crippen LogP contribution in [0.3, 0.4) is 0 Å². The molecule has 4 rings (SSSR count). The molecule has 0 radical (unpaired) electrons. The summed E-state index contributed by atoms with van der Waals surface area (Å²) in [5.41, 5.74) is 6.42. The zero-order valence-corrected chi connectivity index (χ0v) is 16.5. The van der Waals surface area contributed by atoms with Crippen LogP contribution >= 0.6 is 0 Å². The second-order valence-electron chi connectivity index (χ2n) is 7.85. The molecule has 1 fully saturated rings. The van der Waals surface area contributed by atoms with E-state index in [9.17, 15) is 5.11 Å². The number of fused-ring (bicyclic) bond motifs is 5. The van der Waals surface area contributed by atoms with Crippen molar-refractivity contribution in [1.82, 2.24) is 9.47 Å². The molecule has 1 N–H and O–H groups in total. The van der Waals surface area contributed by atoms with E-state index in [-0.39, 0.29) is 0 Å². The van der Waals surface area contributed by atoms with Crippen LogP contribution in [0.1, 0.15) is 42.6 Å². The first kappa shape index (κ1) is 18.3. The molecule has 2 atom stereocenters. The van der Waals surface area contributed by atoms with E-state index in [1.165, 1.54) is 47.1 Å². The minimum Gasteiger partial charge on any atom is -0.387 e. The lowest BCUT2D eigenvalue weighted by Gasteiger charge is -2.31. The van der Waals surface area contributed by atoms with Gasteiger partial charge in [0.2, 0.25) is 0 Å². The minimum absolute atomic E-state index is 0.540. The maximum absolute atomic E-state index is 10.9. The van der Waals surface area contributed by atoms with Crippen molar-refractivity contribution in [2.45, 2.75) is 51.8 Å². The third-order valence-corrected chi connectivity index (χ3v) is 6.11. The van der Waals surface area contributed by atoms with Gasteiger partial charge >= 0.3 is 0 Å². The smallest absolute Gasteiger partial charge is 0.0968 e. The topological polar surface area (TPSA) is 28.4 Å². The van der Waals surface area contributed by atoms with E-state index in [1.807, 2.05) is 25.2 Å². The van der Waals surface area contributed by atoms with E-state index in [0.717, 1.165) is 18.5 Å². The Morgan fingerprint density at radius 2 is 2.22 bits per heavy atom. The van der Waals surface area contributed by atoms with Crippen LogP contribution in [0.4, 0.5) is 0 Å². The third kappa shape index (κ3) is 3.19. The van der Waals surface area contributed by atoms with Crippen LogP contribution in [0.15, 0.2) is 54.7 Å². The van der Waals surface area contributed by atoms with Crippen LogP contribution < -0.4 is 0 Å². The van der Waals surface area contributed by atoms with E-state index in [2.05, 4.69) is 41.2 Å². The number of benzene rings is 1. The molecule has 1 saturated heterocycles. The molecule has 0 spiro atoms. The summed E-state index contributed by atoms with van der Waals surface area (Å²) in [6.07, 6.45) is 10.7. The maximum atomic E-state index is 10.9. The summed E-state index contributed by atoms with van der Waals surface area (Å²) >= 11 is 0. The number of rotatable bonds is 5. The van der Waals surface area contributed by atoms with Crippen LogP contribution in [0.2, 0.25) is 0 Å². The second-order valence-corrected chi connectivity index (χ2v) is 7.85. The zero-order valence-electron chi connectivity index (χ0n) is 16.5. The van der Waals surface area contributed by atoms with Crippen molar-refractivity contribution in [3.05, 3.63) is 71.5 Å². The Morgan fingerprint density at radius 3 is 3.00 bits per heavy atom. The highest BCUT2D eigenvalue weighted by molar-refractivity contribution is 5.87. The second kappa shape index (κ2) is 7.49. The molecule has 0 aliphatic carbocycles. The largest absolute Gasteiger partial charge is 0.387 e. The van der Waals surface area contributed by atoms with E-state index in [0.29, 0.717) is 12.6 Å². The molecule has 1 aromatic carbocycles. The summed E-state index contributed by atoms with van der Waals surface area (Å²) in [5.74, 6) is 0. The molecule has 0 saturated carbocycles. The van der Waals surface area contributed by atoms with Gasteiger partial charge in [0.15, 0.2) is 0 Å². The van der Waals surface area contributed by atoms with Crippen molar-refractivity contribution in [1.29, 1.82) is 0 Å². The van der Waals surface area contributed by atoms with Gasteiger partial charge in [0.25, 0.3) is 0 Å². The van der Waals surface area contributed by atoms with Gasteiger partial charge in [-0.15, -0.1) is 0 Å². The van der Waals surface area contributed by atoms with Gasteiger partial charge in [-0.05, 0) is 56.5 Å². The quantitative estimate of drug-likeness (QED) is 0.782. The Morgan fingerprint density at radius 1 is 1.37 bits per heavy atom. The fourth-order valence-corrected chi connectivity index (χ4v) is 4.95. The van der Waals surface area contributed by atoms with Gasteiger partial charge in [0.1, 0.15) is 0 Å². The van der Waals surface area contributed by atoms with Gasteiger partial charge in [-0.3, -0.25) is 4.90 Å². The predicted octanol–water partition coefficient (Wildman–Crippen LogP) is 4.69. The van der Waals surface area contributed by atoms with E-state index >= 15 is 0 Å². The molecule has 1 aromatic heterocycles. The number of hydrogen-bond acceptors (Lipinski definition) is 2. The minimum atomic E-state index is -0.540. The SMILES string of the molecule is C=C/C=C(\C=C/C)C(O)Cn1c2c(c3cc(C)ccc31)C1CCCN1CC2. The molecule has 0 bridgehead atoms. The van der Waals surface area contributed by atoms with Crippen molar-refractivity contribution in [2.24, 2.45) is 0 Å². The van der Waals surface area contributed by atoms with Gasteiger partial charge < -0.3 is 9.67 Å².